The first-order chi connectivity index (χ1) is 14.3. The maximum Gasteiger partial charge on any atom is 0.175 e. The lowest BCUT2D eigenvalue weighted by Gasteiger charge is -2.09. The molecule has 0 aliphatic rings. The summed E-state index contributed by atoms with van der Waals surface area (Å²) >= 11 is 6.03. The van der Waals surface area contributed by atoms with E-state index in [0.29, 0.717) is 16.5 Å². The molecule has 7 heteroatoms. The first kappa shape index (κ1) is 20.3. The predicted molar refractivity (Wildman–Crippen MR) is 118 cm³/mol. The predicted octanol–water partition coefficient (Wildman–Crippen LogP) is 4.68. The summed E-state index contributed by atoms with van der Waals surface area (Å²) in [5.41, 5.74) is 2.76. The summed E-state index contributed by atoms with van der Waals surface area (Å²) in [5, 5.41) is 11.5. The molecule has 1 unspecified atom stereocenters. The molecule has 4 rings (SSSR count). The highest BCUT2D eigenvalue weighted by Gasteiger charge is 2.19. The summed E-state index contributed by atoms with van der Waals surface area (Å²) in [6.45, 7) is 0. The fourth-order valence-electron chi connectivity index (χ4n) is 3.19. The number of rotatable bonds is 5. The van der Waals surface area contributed by atoms with Gasteiger partial charge in [-0.2, -0.15) is 0 Å². The van der Waals surface area contributed by atoms with E-state index in [1.807, 2.05) is 47.0 Å². The maximum absolute atomic E-state index is 11.8. The van der Waals surface area contributed by atoms with E-state index in [9.17, 15) is 13.5 Å². The SMILES string of the molecule is CS(=O)(=O)c1ccc(-n2cc(C(O)c3ccccc3)nc2-c2ccc(Cl)cc2)cc1. The molecule has 5 nitrogen and oxygen atoms in total. The lowest BCUT2D eigenvalue weighted by Crippen LogP contribution is -2.00. The van der Waals surface area contributed by atoms with E-state index in [0.717, 1.165) is 16.8 Å². The Morgan fingerprint density at radius 2 is 1.57 bits per heavy atom. The zero-order chi connectivity index (χ0) is 21.3. The third-order valence-electron chi connectivity index (χ3n) is 4.77. The molecule has 152 valence electrons. The van der Waals surface area contributed by atoms with Crippen molar-refractivity contribution >= 4 is 21.4 Å². The normalized spacial score (nSPS) is 12.6. The molecular formula is C23H19ClN2O3S. The number of benzene rings is 3. The van der Waals surface area contributed by atoms with E-state index in [2.05, 4.69) is 4.98 Å². The second-order valence-corrected chi connectivity index (χ2v) is 9.40. The van der Waals surface area contributed by atoms with Crippen LogP contribution in [0.2, 0.25) is 5.02 Å². The van der Waals surface area contributed by atoms with Crippen molar-refractivity contribution in [3.8, 4) is 17.1 Å². The van der Waals surface area contributed by atoms with Gasteiger partial charge < -0.3 is 5.11 Å². The van der Waals surface area contributed by atoms with E-state index in [4.69, 9.17) is 11.6 Å². The summed E-state index contributed by atoms with van der Waals surface area (Å²) in [5.74, 6) is 0.615. The van der Waals surface area contributed by atoms with E-state index in [1.165, 1.54) is 6.26 Å². The van der Waals surface area contributed by atoms with Crippen molar-refractivity contribution in [3.63, 3.8) is 0 Å². The third kappa shape index (κ3) is 4.16. The number of aliphatic hydroxyl groups excluding tert-OH is 1. The van der Waals surface area contributed by atoms with Crippen molar-refractivity contribution in [3.05, 3.63) is 101 Å². The Kier molecular flexibility index (Phi) is 5.47. The molecule has 0 saturated heterocycles. The van der Waals surface area contributed by atoms with Crippen molar-refractivity contribution in [2.24, 2.45) is 0 Å². The zero-order valence-corrected chi connectivity index (χ0v) is 17.7. The van der Waals surface area contributed by atoms with Gasteiger partial charge in [-0.3, -0.25) is 4.57 Å². The minimum atomic E-state index is -3.29. The molecule has 0 spiro atoms. The zero-order valence-electron chi connectivity index (χ0n) is 16.1. The maximum atomic E-state index is 11.8. The number of hydrogen-bond acceptors (Lipinski definition) is 4. The molecule has 0 amide bonds. The number of sulfone groups is 1. The minimum Gasteiger partial charge on any atom is -0.382 e. The molecule has 1 aromatic heterocycles. The molecule has 0 bridgehead atoms. The third-order valence-corrected chi connectivity index (χ3v) is 6.15. The molecule has 30 heavy (non-hydrogen) atoms. The van der Waals surface area contributed by atoms with Crippen LogP contribution in [0.15, 0.2) is 90.0 Å². The van der Waals surface area contributed by atoms with Crippen molar-refractivity contribution in [2.75, 3.05) is 6.26 Å². The van der Waals surface area contributed by atoms with Crippen molar-refractivity contribution < 1.29 is 13.5 Å². The van der Waals surface area contributed by atoms with Crippen LogP contribution in [0.3, 0.4) is 0 Å². The summed E-state index contributed by atoms with van der Waals surface area (Å²) < 4.78 is 25.4. The Hall–Kier alpha value is -2.93. The molecule has 0 aliphatic carbocycles. The van der Waals surface area contributed by atoms with Crippen LogP contribution in [0.4, 0.5) is 0 Å². The van der Waals surface area contributed by atoms with Crippen LogP contribution in [-0.2, 0) is 9.84 Å². The van der Waals surface area contributed by atoms with Gasteiger partial charge in [-0.1, -0.05) is 41.9 Å². The second-order valence-electron chi connectivity index (χ2n) is 6.95. The topological polar surface area (TPSA) is 72.2 Å². The van der Waals surface area contributed by atoms with Gasteiger partial charge >= 0.3 is 0 Å². The Morgan fingerprint density at radius 1 is 0.933 bits per heavy atom. The molecule has 3 aromatic carbocycles. The average Bonchev–Trinajstić information content (AvgIpc) is 3.19. The molecule has 4 aromatic rings. The summed E-state index contributed by atoms with van der Waals surface area (Å²) in [6, 6.07) is 23.1. The smallest absolute Gasteiger partial charge is 0.175 e. The summed E-state index contributed by atoms with van der Waals surface area (Å²) in [7, 11) is -3.29. The minimum absolute atomic E-state index is 0.240. The molecule has 1 atom stereocenters. The fourth-order valence-corrected chi connectivity index (χ4v) is 3.95. The first-order valence-electron chi connectivity index (χ1n) is 9.21. The van der Waals surface area contributed by atoms with Crippen molar-refractivity contribution in [2.45, 2.75) is 11.0 Å². The summed E-state index contributed by atoms with van der Waals surface area (Å²) in [4.78, 5) is 4.93. The van der Waals surface area contributed by atoms with Crippen LogP contribution in [0.5, 0.6) is 0 Å². The van der Waals surface area contributed by atoms with Gasteiger partial charge in [-0.05, 0) is 54.1 Å². The van der Waals surface area contributed by atoms with Gasteiger partial charge in [0.15, 0.2) is 9.84 Å². The van der Waals surface area contributed by atoms with Gasteiger partial charge in [-0.15, -0.1) is 0 Å². The van der Waals surface area contributed by atoms with Crippen LogP contribution in [0.1, 0.15) is 17.4 Å². The molecule has 1 heterocycles. The van der Waals surface area contributed by atoms with E-state index in [1.54, 1.807) is 42.6 Å². The van der Waals surface area contributed by atoms with E-state index in [-0.39, 0.29) is 4.90 Å². The number of aromatic nitrogens is 2. The standard InChI is InChI=1S/C23H19ClN2O3S/c1-30(28,29)20-13-11-19(12-14-20)26-15-21(22(27)16-5-3-2-4-6-16)25-23(26)17-7-9-18(24)10-8-17/h2-15,22,27H,1H3. The first-order valence-corrected chi connectivity index (χ1v) is 11.5. The van der Waals surface area contributed by atoms with E-state index >= 15 is 0 Å². The number of hydrogen-bond donors (Lipinski definition) is 1. The van der Waals surface area contributed by atoms with Crippen molar-refractivity contribution in [1.82, 2.24) is 9.55 Å². The van der Waals surface area contributed by atoms with Gasteiger partial charge in [0, 0.05) is 28.7 Å². The Bertz CT molecular complexity index is 1270. The molecular weight excluding hydrogens is 420 g/mol. The highest BCUT2D eigenvalue weighted by atomic mass is 35.5. The van der Waals surface area contributed by atoms with Crippen LogP contribution in [0, 0.1) is 0 Å². The fraction of sp³-hybridized carbons (Fsp3) is 0.0870. The van der Waals surface area contributed by atoms with Crippen LogP contribution < -0.4 is 0 Å². The number of aliphatic hydroxyl groups is 1. The number of halogens is 1. The van der Waals surface area contributed by atoms with Gasteiger partial charge in [-0.25, -0.2) is 13.4 Å². The van der Waals surface area contributed by atoms with Gasteiger partial charge in [0.2, 0.25) is 0 Å². The molecule has 0 fully saturated rings. The highest BCUT2D eigenvalue weighted by molar-refractivity contribution is 7.90. The Balaban J connectivity index is 1.83. The molecule has 0 radical (unpaired) electrons. The van der Waals surface area contributed by atoms with E-state index < -0.39 is 15.9 Å². The van der Waals surface area contributed by atoms with Gasteiger partial charge in [0.25, 0.3) is 0 Å². The van der Waals surface area contributed by atoms with Crippen LogP contribution in [-0.4, -0.2) is 29.3 Å². The van der Waals surface area contributed by atoms with Gasteiger partial charge in [0.1, 0.15) is 11.9 Å². The molecule has 0 aliphatic heterocycles. The largest absolute Gasteiger partial charge is 0.382 e. The van der Waals surface area contributed by atoms with Crippen LogP contribution >= 0.6 is 11.6 Å². The summed E-state index contributed by atoms with van der Waals surface area (Å²) in [6.07, 6.45) is 2.04. The van der Waals surface area contributed by atoms with Crippen molar-refractivity contribution in [1.29, 1.82) is 0 Å². The Morgan fingerprint density at radius 3 is 2.17 bits per heavy atom. The Labute approximate surface area is 180 Å². The number of nitrogens with zero attached hydrogens (tertiary/aromatic N) is 2. The lowest BCUT2D eigenvalue weighted by molar-refractivity contribution is 0.216. The monoisotopic (exact) mass is 438 g/mol. The quantitative estimate of drug-likeness (QED) is 0.491. The van der Waals surface area contributed by atoms with Gasteiger partial charge in [0.05, 0.1) is 10.6 Å². The highest BCUT2D eigenvalue weighted by Crippen LogP contribution is 2.29. The lowest BCUT2D eigenvalue weighted by atomic mass is 10.1. The van der Waals surface area contributed by atoms with Crippen LogP contribution in [0.25, 0.3) is 17.1 Å². The second kappa shape index (κ2) is 8.07. The average molecular weight is 439 g/mol. The molecule has 0 saturated carbocycles. The molecule has 1 N–H and O–H groups in total. The number of imidazole rings is 1.